The zero-order chi connectivity index (χ0) is 16.0. The summed E-state index contributed by atoms with van der Waals surface area (Å²) in [5.41, 5.74) is 5.67. The van der Waals surface area contributed by atoms with Gasteiger partial charge in [0.05, 0.1) is 12.3 Å². The molecule has 0 atom stereocenters. The molecule has 0 fully saturated rings. The Balaban J connectivity index is 2.74. The van der Waals surface area contributed by atoms with Crippen molar-refractivity contribution in [3.63, 3.8) is 0 Å². The summed E-state index contributed by atoms with van der Waals surface area (Å²) in [7, 11) is 0. The standard InChI is InChI=1S/C14H27N5OS/c1-6-7-18-12(8-15)16-17-14(18)21-9-13(20)19(10(2)3)11(4)5/h10-11H,6-9,15H2,1-5H3. The van der Waals surface area contributed by atoms with Crippen LogP contribution in [0.2, 0.25) is 0 Å². The third-order valence-electron chi connectivity index (χ3n) is 3.15. The Morgan fingerprint density at radius 1 is 1.29 bits per heavy atom. The van der Waals surface area contributed by atoms with Gasteiger partial charge >= 0.3 is 0 Å². The summed E-state index contributed by atoms with van der Waals surface area (Å²) in [6.07, 6.45) is 0.983. The van der Waals surface area contributed by atoms with Crippen LogP contribution in [0.5, 0.6) is 0 Å². The fourth-order valence-corrected chi connectivity index (χ4v) is 3.25. The summed E-state index contributed by atoms with van der Waals surface area (Å²) in [5.74, 6) is 1.28. The number of thioether (sulfide) groups is 1. The first-order chi connectivity index (χ1) is 9.92. The van der Waals surface area contributed by atoms with Crippen molar-refractivity contribution < 1.29 is 4.79 Å². The van der Waals surface area contributed by atoms with Gasteiger partial charge in [0.15, 0.2) is 5.16 Å². The Hall–Kier alpha value is -1.08. The molecule has 0 aliphatic heterocycles. The summed E-state index contributed by atoms with van der Waals surface area (Å²) >= 11 is 1.44. The average Bonchev–Trinajstić information content (AvgIpc) is 2.78. The molecule has 1 aromatic rings. The summed E-state index contributed by atoms with van der Waals surface area (Å²) in [4.78, 5) is 14.3. The topological polar surface area (TPSA) is 77.0 Å². The lowest BCUT2D eigenvalue weighted by atomic mass is 10.2. The molecule has 7 heteroatoms. The van der Waals surface area contributed by atoms with Crippen molar-refractivity contribution in [2.75, 3.05) is 5.75 Å². The number of aromatic nitrogens is 3. The second kappa shape index (κ2) is 8.38. The molecular weight excluding hydrogens is 286 g/mol. The van der Waals surface area contributed by atoms with Crippen LogP contribution in [-0.2, 0) is 17.9 Å². The van der Waals surface area contributed by atoms with E-state index in [0.29, 0.717) is 12.3 Å². The molecular formula is C14H27N5OS. The minimum absolute atomic E-state index is 0.130. The molecule has 6 nitrogen and oxygen atoms in total. The van der Waals surface area contributed by atoms with Gasteiger partial charge in [0.25, 0.3) is 0 Å². The second-order valence-corrected chi connectivity index (χ2v) is 6.47. The molecule has 2 N–H and O–H groups in total. The van der Waals surface area contributed by atoms with E-state index in [9.17, 15) is 4.79 Å². The largest absolute Gasteiger partial charge is 0.337 e. The number of carbonyl (C=O) groups excluding carboxylic acids is 1. The number of hydrogen-bond donors (Lipinski definition) is 1. The third kappa shape index (κ3) is 4.71. The Morgan fingerprint density at radius 3 is 2.38 bits per heavy atom. The van der Waals surface area contributed by atoms with Gasteiger partial charge in [-0.05, 0) is 34.1 Å². The van der Waals surface area contributed by atoms with Crippen molar-refractivity contribution in [2.24, 2.45) is 5.73 Å². The predicted molar refractivity (Wildman–Crippen MR) is 86.0 cm³/mol. The zero-order valence-electron chi connectivity index (χ0n) is 13.7. The maximum absolute atomic E-state index is 12.4. The molecule has 0 spiro atoms. The first-order valence-electron chi connectivity index (χ1n) is 7.48. The minimum atomic E-state index is 0.130. The third-order valence-corrected chi connectivity index (χ3v) is 4.10. The maximum Gasteiger partial charge on any atom is 0.233 e. The van der Waals surface area contributed by atoms with E-state index in [1.807, 2.05) is 37.2 Å². The van der Waals surface area contributed by atoms with E-state index >= 15 is 0 Å². The monoisotopic (exact) mass is 313 g/mol. The molecule has 1 rings (SSSR count). The van der Waals surface area contributed by atoms with Gasteiger partial charge in [-0.1, -0.05) is 18.7 Å². The fraction of sp³-hybridized carbons (Fsp3) is 0.786. The molecule has 0 bridgehead atoms. The van der Waals surface area contributed by atoms with Crippen molar-refractivity contribution in [3.8, 4) is 0 Å². The van der Waals surface area contributed by atoms with E-state index in [1.165, 1.54) is 11.8 Å². The van der Waals surface area contributed by atoms with Crippen LogP contribution < -0.4 is 5.73 Å². The van der Waals surface area contributed by atoms with E-state index < -0.39 is 0 Å². The van der Waals surface area contributed by atoms with Crippen molar-refractivity contribution >= 4 is 17.7 Å². The molecule has 0 unspecified atom stereocenters. The molecule has 1 heterocycles. The van der Waals surface area contributed by atoms with Crippen molar-refractivity contribution in [3.05, 3.63) is 5.82 Å². The minimum Gasteiger partial charge on any atom is -0.337 e. The fourth-order valence-electron chi connectivity index (χ4n) is 2.40. The lowest BCUT2D eigenvalue weighted by Crippen LogP contribution is -2.43. The van der Waals surface area contributed by atoms with Gasteiger partial charge in [-0.15, -0.1) is 10.2 Å². The number of hydrogen-bond acceptors (Lipinski definition) is 5. The highest BCUT2D eigenvalue weighted by Crippen LogP contribution is 2.19. The van der Waals surface area contributed by atoms with Gasteiger partial charge in [0, 0.05) is 18.6 Å². The van der Waals surface area contributed by atoms with Crippen LogP contribution in [0.25, 0.3) is 0 Å². The van der Waals surface area contributed by atoms with Crippen LogP contribution >= 0.6 is 11.8 Å². The molecule has 0 radical (unpaired) electrons. The van der Waals surface area contributed by atoms with Crippen LogP contribution in [-0.4, -0.2) is 43.4 Å². The molecule has 1 aromatic heterocycles. The summed E-state index contributed by atoms with van der Waals surface area (Å²) in [6, 6.07) is 0.400. The van der Waals surface area contributed by atoms with Crippen LogP contribution in [0.4, 0.5) is 0 Å². The lowest BCUT2D eigenvalue weighted by molar-refractivity contribution is -0.131. The molecule has 0 saturated carbocycles. The number of amides is 1. The highest BCUT2D eigenvalue weighted by Gasteiger charge is 2.21. The van der Waals surface area contributed by atoms with Gasteiger partial charge < -0.3 is 15.2 Å². The van der Waals surface area contributed by atoms with E-state index in [4.69, 9.17) is 5.73 Å². The van der Waals surface area contributed by atoms with Crippen LogP contribution in [0.1, 0.15) is 46.9 Å². The molecule has 0 aliphatic rings. The van der Waals surface area contributed by atoms with Crippen LogP contribution in [0.15, 0.2) is 5.16 Å². The lowest BCUT2D eigenvalue weighted by Gasteiger charge is -2.30. The molecule has 0 saturated heterocycles. The molecule has 0 aromatic carbocycles. The number of nitrogens with two attached hydrogens (primary N) is 1. The van der Waals surface area contributed by atoms with Gasteiger partial charge in [0.1, 0.15) is 5.82 Å². The van der Waals surface area contributed by atoms with Gasteiger partial charge in [-0.3, -0.25) is 4.79 Å². The summed E-state index contributed by atoms with van der Waals surface area (Å²) in [5, 5.41) is 9.02. The van der Waals surface area contributed by atoms with Crippen molar-refractivity contribution in [1.82, 2.24) is 19.7 Å². The Kier molecular flexibility index (Phi) is 7.17. The quantitative estimate of drug-likeness (QED) is 0.742. The number of nitrogens with zero attached hydrogens (tertiary/aromatic N) is 4. The van der Waals surface area contributed by atoms with Gasteiger partial charge in [-0.2, -0.15) is 0 Å². The summed E-state index contributed by atoms with van der Waals surface area (Å²) < 4.78 is 2.01. The second-order valence-electron chi connectivity index (χ2n) is 5.53. The molecule has 21 heavy (non-hydrogen) atoms. The Labute approximate surface area is 131 Å². The van der Waals surface area contributed by atoms with Crippen molar-refractivity contribution in [1.29, 1.82) is 0 Å². The van der Waals surface area contributed by atoms with Crippen LogP contribution in [0.3, 0.4) is 0 Å². The number of carbonyl (C=O) groups is 1. The smallest absolute Gasteiger partial charge is 0.233 e. The first-order valence-corrected chi connectivity index (χ1v) is 8.47. The molecule has 0 aliphatic carbocycles. The Morgan fingerprint density at radius 2 is 1.90 bits per heavy atom. The van der Waals surface area contributed by atoms with E-state index in [-0.39, 0.29) is 18.0 Å². The normalized spacial score (nSPS) is 11.4. The van der Waals surface area contributed by atoms with E-state index in [2.05, 4.69) is 17.1 Å². The molecule has 1 amide bonds. The SMILES string of the molecule is CCCn1c(CN)nnc1SCC(=O)N(C(C)C)C(C)C. The van der Waals surface area contributed by atoms with Gasteiger partial charge in [-0.25, -0.2) is 0 Å². The van der Waals surface area contributed by atoms with Crippen molar-refractivity contribution in [2.45, 2.75) is 71.4 Å². The Bertz CT molecular complexity index is 450. The molecule has 120 valence electrons. The first kappa shape index (κ1) is 18.0. The van der Waals surface area contributed by atoms with Gasteiger partial charge in [0.2, 0.25) is 5.91 Å². The van der Waals surface area contributed by atoms with E-state index in [0.717, 1.165) is 23.9 Å². The summed E-state index contributed by atoms with van der Waals surface area (Å²) in [6.45, 7) is 11.4. The predicted octanol–water partition coefficient (Wildman–Crippen LogP) is 1.88. The highest BCUT2D eigenvalue weighted by atomic mass is 32.2. The maximum atomic E-state index is 12.4. The highest BCUT2D eigenvalue weighted by molar-refractivity contribution is 7.99. The number of rotatable bonds is 8. The zero-order valence-corrected chi connectivity index (χ0v) is 14.5. The van der Waals surface area contributed by atoms with E-state index in [1.54, 1.807) is 0 Å². The average molecular weight is 313 g/mol. The van der Waals surface area contributed by atoms with Crippen LogP contribution in [0, 0.1) is 0 Å².